The second-order valence-electron chi connectivity index (χ2n) is 4.96. The predicted molar refractivity (Wildman–Crippen MR) is 71.6 cm³/mol. The van der Waals surface area contributed by atoms with Crippen molar-refractivity contribution in [2.75, 3.05) is 13.1 Å². The summed E-state index contributed by atoms with van der Waals surface area (Å²) in [5.41, 5.74) is -2.16. The highest BCUT2D eigenvalue weighted by Gasteiger charge is 2.41. The SMILES string of the molecule is C=CC(=O)N1CC(NC(=O)c2c(C(F)(F)F)nc(C=O)n2C)C1. The van der Waals surface area contributed by atoms with Gasteiger partial charge < -0.3 is 14.8 Å². The molecular weight excluding hydrogens is 317 g/mol. The summed E-state index contributed by atoms with van der Waals surface area (Å²) in [6, 6.07) is -0.470. The van der Waals surface area contributed by atoms with Gasteiger partial charge in [-0.3, -0.25) is 14.4 Å². The van der Waals surface area contributed by atoms with Crippen LogP contribution in [0.1, 0.15) is 26.8 Å². The number of likely N-dealkylation sites (tertiary alicyclic amines) is 1. The largest absolute Gasteiger partial charge is 0.435 e. The lowest BCUT2D eigenvalue weighted by molar-refractivity contribution is -0.141. The van der Waals surface area contributed by atoms with Crippen molar-refractivity contribution in [2.24, 2.45) is 7.05 Å². The van der Waals surface area contributed by atoms with E-state index in [1.165, 1.54) is 4.90 Å². The van der Waals surface area contributed by atoms with E-state index in [1.807, 2.05) is 0 Å². The zero-order valence-corrected chi connectivity index (χ0v) is 12.1. The lowest BCUT2D eigenvalue weighted by Crippen LogP contribution is -2.60. The van der Waals surface area contributed by atoms with Gasteiger partial charge in [0, 0.05) is 20.1 Å². The molecule has 7 nitrogen and oxygen atoms in total. The van der Waals surface area contributed by atoms with E-state index in [2.05, 4.69) is 16.9 Å². The Hall–Kier alpha value is -2.65. The quantitative estimate of drug-likeness (QED) is 0.639. The molecule has 1 aromatic rings. The number of carbonyl (C=O) groups is 3. The van der Waals surface area contributed by atoms with Crippen LogP contribution < -0.4 is 5.32 Å². The Morgan fingerprint density at radius 2 is 2.00 bits per heavy atom. The van der Waals surface area contributed by atoms with Crippen LogP contribution in [-0.2, 0) is 18.0 Å². The Labute approximate surface area is 128 Å². The third-order valence-corrected chi connectivity index (χ3v) is 3.42. The van der Waals surface area contributed by atoms with Crippen LogP contribution in [0, 0.1) is 0 Å². The molecule has 0 aromatic carbocycles. The summed E-state index contributed by atoms with van der Waals surface area (Å²) in [6.07, 6.45) is -3.62. The van der Waals surface area contributed by atoms with Gasteiger partial charge in [-0.2, -0.15) is 13.2 Å². The smallest absolute Gasteiger partial charge is 0.344 e. The Morgan fingerprint density at radius 3 is 2.48 bits per heavy atom. The number of hydrogen-bond donors (Lipinski definition) is 1. The molecule has 0 unspecified atom stereocenters. The summed E-state index contributed by atoms with van der Waals surface area (Å²) < 4.78 is 39.6. The molecule has 0 radical (unpaired) electrons. The number of nitrogens with zero attached hydrogens (tertiary/aromatic N) is 3. The van der Waals surface area contributed by atoms with Crippen molar-refractivity contribution in [3.05, 3.63) is 29.9 Å². The molecule has 0 spiro atoms. The number of alkyl halides is 3. The number of halogens is 3. The van der Waals surface area contributed by atoms with Crippen LogP contribution in [0.4, 0.5) is 13.2 Å². The van der Waals surface area contributed by atoms with Crippen LogP contribution in [0.25, 0.3) is 0 Å². The summed E-state index contributed by atoms with van der Waals surface area (Å²) in [5, 5.41) is 2.39. The molecule has 23 heavy (non-hydrogen) atoms. The molecule has 0 saturated carbocycles. The number of rotatable bonds is 4. The van der Waals surface area contributed by atoms with Gasteiger partial charge in [-0.15, -0.1) is 0 Å². The minimum absolute atomic E-state index is 0.139. The molecule has 1 aliphatic rings. The van der Waals surface area contributed by atoms with Crippen molar-refractivity contribution < 1.29 is 27.6 Å². The van der Waals surface area contributed by atoms with Gasteiger partial charge in [-0.05, 0) is 6.08 Å². The highest BCUT2D eigenvalue weighted by Crippen LogP contribution is 2.31. The Bertz CT molecular complexity index is 675. The van der Waals surface area contributed by atoms with Crippen LogP contribution in [0.15, 0.2) is 12.7 Å². The molecule has 10 heteroatoms. The van der Waals surface area contributed by atoms with Crippen molar-refractivity contribution in [2.45, 2.75) is 12.2 Å². The highest BCUT2D eigenvalue weighted by molar-refractivity contribution is 5.95. The average Bonchev–Trinajstić information content (AvgIpc) is 2.78. The van der Waals surface area contributed by atoms with Gasteiger partial charge in [-0.25, -0.2) is 4.98 Å². The second-order valence-corrected chi connectivity index (χ2v) is 4.96. The highest BCUT2D eigenvalue weighted by atomic mass is 19.4. The fraction of sp³-hybridized carbons (Fsp3) is 0.385. The van der Waals surface area contributed by atoms with E-state index in [0.717, 1.165) is 17.7 Å². The van der Waals surface area contributed by atoms with Crippen molar-refractivity contribution >= 4 is 18.1 Å². The summed E-state index contributed by atoms with van der Waals surface area (Å²) >= 11 is 0. The molecule has 2 rings (SSSR count). The molecule has 124 valence electrons. The third-order valence-electron chi connectivity index (χ3n) is 3.42. The Kier molecular flexibility index (Phi) is 4.26. The zero-order valence-electron chi connectivity index (χ0n) is 12.1. The van der Waals surface area contributed by atoms with Gasteiger partial charge in [0.2, 0.25) is 5.91 Å². The number of nitrogens with one attached hydrogen (secondary N) is 1. The number of carbonyl (C=O) groups excluding carboxylic acids is 3. The molecule has 0 bridgehead atoms. The molecule has 1 saturated heterocycles. The number of amides is 2. The second kappa shape index (κ2) is 5.86. The summed E-state index contributed by atoms with van der Waals surface area (Å²) in [4.78, 5) is 38.7. The number of imidazole rings is 1. The van der Waals surface area contributed by atoms with Gasteiger partial charge >= 0.3 is 6.18 Å². The fourth-order valence-corrected chi connectivity index (χ4v) is 2.21. The summed E-state index contributed by atoms with van der Waals surface area (Å²) in [7, 11) is 1.15. The summed E-state index contributed by atoms with van der Waals surface area (Å²) in [6.45, 7) is 3.67. The monoisotopic (exact) mass is 330 g/mol. The van der Waals surface area contributed by atoms with Gasteiger partial charge in [-0.1, -0.05) is 6.58 Å². The fourth-order valence-electron chi connectivity index (χ4n) is 2.21. The van der Waals surface area contributed by atoms with Crippen molar-refractivity contribution in [3.63, 3.8) is 0 Å². The van der Waals surface area contributed by atoms with E-state index in [0.29, 0.717) is 0 Å². The van der Waals surface area contributed by atoms with Crippen LogP contribution in [0.2, 0.25) is 0 Å². The Morgan fingerprint density at radius 1 is 1.39 bits per heavy atom. The minimum atomic E-state index is -4.86. The van der Waals surface area contributed by atoms with Gasteiger partial charge in [0.15, 0.2) is 17.8 Å². The molecule has 1 fully saturated rings. The van der Waals surface area contributed by atoms with E-state index in [4.69, 9.17) is 0 Å². The maximum Gasteiger partial charge on any atom is 0.435 e. The van der Waals surface area contributed by atoms with Crippen LogP contribution in [0.3, 0.4) is 0 Å². The van der Waals surface area contributed by atoms with Crippen molar-refractivity contribution in [3.8, 4) is 0 Å². The van der Waals surface area contributed by atoms with Crippen LogP contribution in [-0.4, -0.2) is 51.7 Å². The lowest BCUT2D eigenvalue weighted by atomic mass is 10.1. The number of hydrogen-bond acceptors (Lipinski definition) is 4. The Balaban J connectivity index is 2.17. The first-order valence-corrected chi connectivity index (χ1v) is 6.50. The molecular formula is C13H13F3N4O3. The number of aromatic nitrogens is 2. The zero-order chi connectivity index (χ0) is 17.4. The van der Waals surface area contributed by atoms with Gasteiger partial charge in [0.25, 0.3) is 5.91 Å². The van der Waals surface area contributed by atoms with Gasteiger partial charge in [0.05, 0.1) is 6.04 Å². The van der Waals surface area contributed by atoms with E-state index < -0.39 is 35.3 Å². The maximum absolute atomic E-state index is 12.9. The first kappa shape index (κ1) is 16.7. The van der Waals surface area contributed by atoms with Crippen LogP contribution >= 0.6 is 0 Å². The molecule has 1 aliphatic heterocycles. The van der Waals surface area contributed by atoms with E-state index >= 15 is 0 Å². The molecule has 2 amide bonds. The number of aldehydes is 1. The topological polar surface area (TPSA) is 84.3 Å². The maximum atomic E-state index is 12.9. The molecule has 1 aromatic heterocycles. The first-order chi connectivity index (χ1) is 10.7. The standard InChI is InChI=1S/C13H13F3N4O3/c1-3-9(22)20-4-7(5-20)17-12(23)10-11(13(14,15)16)18-8(6-21)19(10)2/h3,6-7H,1,4-5H2,2H3,(H,17,23). The van der Waals surface area contributed by atoms with Crippen molar-refractivity contribution in [1.29, 1.82) is 0 Å². The first-order valence-electron chi connectivity index (χ1n) is 6.50. The third kappa shape index (κ3) is 3.10. The molecule has 1 N–H and O–H groups in total. The van der Waals surface area contributed by atoms with E-state index in [9.17, 15) is 27.6 Å². The predicted octanol–water partition coefficient (Wildman–Crippen LogP) is 0.378. The van der Waals surface area contributed by atoms with E-state index in [1.54, 1.807) is 0 Å². The molecule has 0 aliphatic carbocycles. The average molecular weight is 330 g/mol. The van der Waals surface area contributed by atoms with Crippen molar-refractivity contribution in [1.82, 2.24) is 19.8 Å². The summed E-state index contributed by atoms with van der Waals surface area (Å²) in [5.74, 6) is -1.83. The van der Waals surface area contributed by atoms with Gasteiger partial charge in [0.1, 0.15) is 5.69 Å². The van der Waals surface area contributed by atoms with Crippen LogP contribution in [0.5, 0.6) is 0 Å². The molecule has 2 heterocycles. The normalized spacial score (nSPS) is 15.0. The minimum Gasteiger partial charge on any atom is -0.344 e. The lowest BCUT2D eigenvalue weighted by Gasteiger charge is -2.38. The van der Waals surface area contributed by atoms with E-state index in [-0.39, 0.29) is 25.3 Å². The molecule has 0 atom stereocenters.